The van der Waals surface area contributed by atoms with Gasteiger partial charge in [0.25, 0.3) is 6.43 Å². The van der Waals surface area contributed by atoms with Crippen LogP contribution in [0.1, 0.15) is 28.0 Å². The second-order valence-corrected chi connectivity index (χ2v) is 4.98. The van der Waals surface area contributed by atoms with E-state index in [-0.39, 0.29) is 12.1 Å². The molecule has 4 nitrogen and oxygen atoms in total. The van der Waals surface area contributed by atoms with Gasteiger partial charge in [-0.2, -0.15) is 5.10 Å². The maximum atomic E-state index is 12.9. The van der Waals surface area contributed by atoms with Crippen LogP contribution in [0, 0.1) is 0 Å². The lowest BCUT2D eigenvalue weighted by molar-refractivity contribution is 0.0589. The van der Waals surface area contributed by atoms with Crippen molar-refractivity contribution in [2.75, 3.05) is 7.11 Å². The van der Waals surface area contributed by atoms with E-state index >= 15 is 0 Å². The van der Waals surface area contributed by atoms with Gasteiger partial charge in [-0.25, -0.2) is 13.6 Å². The van der Waals surface area contributed by atoms with Crippen molar-refractivity contribution in [1.29, 1.82) is 0 Å². The van der Waals surface area contributed by atoms with Crippen molar-refractivity contribution in [2.45, 2.75) is 13.0 Å². The molecule has 0 saturated heterocycles. The first-order valence-corrected chi connectivity index (χ1v) is 6.55. The van der Waals surface area contributed by atoms with Crippen LogP contribution in [-0.4, -0.2) is 22.9 Å². The molecule has 0 spiro atoms. The van der Waals surface area contributed by atoms with Crippen molar-refractivity contribution >= 4 is 29.2 Å². The van der Waals surface area contributed by atoms with E-state index in [0.717, 1.165) is 7.11 Å². The number of esters is 1. The Balaban J connectivity index is 2.32. The van der Waals surface area contributed by atoms with Crippen molar-refractivity contribution in [1.82, 2.24) is 9.78 Å². The van der Waals surface area contributed by atoms with E-state index < -0.39 is 18.1 Å². The highest BCUT2D eigenvalue weighted by atomic mass is 35.5. The van der Waals surface area contributed by atoms with Crippen molar-refractivity contribution < 1.29 is 18.3 Å². The monoisotopic (exact) mass is 334 g/mol. The second-order valence-electron chi connectivity index (χ2n) is 4.17. The average Bonchev–Trinajstić information content (AvgIpc) is 2.86. The molecule has 1 aromatic carbocycles. The van der Waals surface area contributed by atoms with Crippen LogP contribution in [0.5, 0.6) is 0 Å². The van der Waals surface area contributed by atoms with Gasteiger partial charge in [-0.15, -0.1) is 0 Å². The molecule has 0 aliphatic carbocycles. The Morgan fingerprint density at radius 2 is 2.10 bits per heavy atom. The van der Waals surface area contributed by atoms with E-state index in [4.69, 9.17) is 23.2 Å². The molecule has 2 aromatic rings. The Bertz CT molecular complexity index is 674. The maximum Gasteiger partial charge on any atom is 0.341 e. The molecule has 0 unspecified atom stereocenters. The molecule has 0 aliphatic rings. The van der Waals surface area contributed by atoms with Crippen molar-refractivity contribution in [2.24, 2.45) is 0 Å². The molecule has 2 rings (SSSR count). The van der Waals surface area contributed by atoms with Crippen molar-refractivity contribution in [3.8, 4) is 0 Å². The summed E-state index contributed by atoms with van der Waals surface area (Å²) in [4.78, 5) is 11.5. The highest BCUT2D eigenvalue weighted by Crippen LogP contribution is 2.25. The Hall–Kier alpha value is -1.66. The third-order valence-corrected chi connectivity index (χ3v) is 3.47. The summed E-state index contributed by atoms with van der Waals surface area (Å²) in [5.74, 6) is -0.856. The van der Waals surface area contributed by atoms with Gasteiger partial charge in [-0.1, -0.05) is 29.3 Å². The van der Waals surface area contributed by atoms with E-state index in [1.54, 1.807) is 18.2 Å². The number of methoxy groups -OCH3 is 1. The standard InChI is InChI=1S/C13H10Cl2F2N2O2/c1-21-13(20)8-6-19(18-11(8)12(16)17)5-7-2-3-9(14)10(15)4-7/h2-4,6,12H,5H2,1H3. The summed E-state index contributed by atoms with van der Waals surface area (Å²) < 4.78 is 31.4. The fourth-order valence-electron chi connectivity index (χ4n) is 1.77. The zero-order valence-corrected chi connectivity index (χ0v) is 12.3. The Morgan fingerprint density at radius 1 is 1.38 bits per heavy atom. The van der Waals surface area contributed by atoms with E-state index in [1.807, 2.05) is 0 Å². The van der Waals surface area contributed by atoms with Crippen LogP contribution in [0.4, 0.5) is 8.78 Å². The van der Waals surface area contributed by atoms with Gasteiger partial charge < -0.3 is 4.74 Å². The molecule has 112 valence electrons. The minimum absolute atomic E-state index is 0.174. The molecule has 0 saturated carbocycles. The third kappa shape index (κ3) is 3.51. The molecule has 0 bridgehead atoms. The van der Waals surface area contributed by atoms with E-state index in [0.29, 0.717) is 15.6 Å². The Kier molecular flexibility index (Phi) is 4.80. The second kappa shape index (κ2) is 6.41. The van der Waals surface area contributed by atoms with Crippen molar-refractivity contribution in [3.05, 3.63) is 51.3 Å². The number of carbonyl (C=O) groups is 1. The molecule has 0 radical (unpaired) electrons. The Morgan fingerprint density at radius 3 is 2.67 bits per heavy atom. The first-order chi connectivity index (χ1) is 9.92. The number of carbonyl (C=O) groups excluding carboxylic acids is 1. The van der Waals surface area contributed by atoms with Crippen LogP contribution in [0.25, 0.3) is 0 Å². The van der Waals surface area contributed by atoms with E-state index in [2.05, 4.69) is 9.84 Å². The Labute approximate surface area is 129 Å². The van der Waals surface area contributed by atoms with Gasteiger partial charge in [0.05, 0.1) is 23.7 Å². The van der Waals surface area contributed by atoms with Crippen LogP contribution in [-0.2, 0) is 11.3 Å². The number of nitrogens with zero attached hydrogens (tertiary/aromatic N) is 2. The van der Waals surface area contributed by atoms with Gasteiger partial charge in [0.15, 0.2) is 0 Å². The van der Waals surface area contributed by atoms with Gasteiger partial charge in [-0.3, -0.25) is 4.68 Å². The molecule has 0 atom stereocenters. The molecule has 1 heterocycles. The summed E-state index contributed by atoms with van der Waals surface area (Å²) in [6.45, 7) is 0.174. The minimum Gasteiger partial charge on any atom is -0.465 e. The quantitative estimate of drug-likeness (QED) is 0.795. The minimum atomic E-state index is -2.87. The number of halogens is 4. The number of hydrogen-bond donors (Lipinski definition) is 0. The number of aromatic nitrogens is 2. The summed E-state index contributed by atoms with van der Waals surface area (Å²) in [5.41, 5.74) is -0.154. The third-order valence-electron chi connectivity index (χ3n) is 2.73. The fourth-order valence-corrected chi connectivity index (χ4v) is 2.09. The van der Waals surface area contributed by atoms with Crippen LogP contribution in [0.15, 0.2) is 24.4 Å². The summed E-state index contributed by atoms with van der Waals surface area (Å²) in [6, 6.07) is 4.89. The number of rotatable bonds is 4. The SMILES string of the molecule is COC(=O)c1cn(Cc2ccc(Cl)c(Cl)c2)nc1C(F)F. The zero-order chi connectivity index (χ0) is 15.6. The van der Waals surface area contributed by atoms with Gasteiger partial charge in [0.1, 0.15) is 11.3 Å². The molecule has 0 amide bonds. The summed E-state index contributed by atoms with van der Waals surface area (Å²) in [7, 11) is 1.12. The van der Waals surface area contributed by atoms with Gasteiger partial charge in [0, 0.05) is 6.20 Å². The predicted molar refractivity (Wildman–Crippen MR) is 74.1 cm³/mol. The number of ether oxygens (including phenoxy) is 1. The van der Waals surface area contributed by atoms with E-state index in [9.17, 15) is 13.6 Å². The lowest BCUT2D eigenvalue weighted by Gasteiger charge is -2.03. The molecule has 0 aliphatic heterocycles. The molecule has 8 heteroatoms. The summed E-state index contributed by atoms with van der Waals surface area (Å²) in [6.07, 6.45) is -1.65. The smallest absolute Gasteiger partial charge is 0.341 e. The summed E-state index contributed by atoms with van der Waals surface area (Å²) in [5, 5.41) is 4.46. The molecular weight excluding hydrogens is 325 g/mol. The number of alkyl halides is 2. The average molecular weight is 335 g/mol. The lowest BCUT2D eigenvalue weighted by atomic mass is 10.2. The number of hydrogen-bond acceptors (Lipinski definition) is 3. The highest BCUT2D eigenvalue weighted by molar-refractivity contribution is 6.42. The van der Waals surface area contributed by atoms with Gasteiger partial charge >= 0.3 is 5.97 Å². The van der Waals surface area contributed by atoms with Gasteiger partial charge in [-0.05, 0) is 17.7 Å². The molecule has 0 fully saturated rings. The molecular formula is C13H10Cl2F2N2O2. The van der Waals surface area contributed by atoms with Crippen LogP contribution in [0.3, 0.4) is 0 Å². The molecule has 1 aromatic heterocycles. The topological polar surface area (TPSA) is 44.1 Å². The normalized spacial score (nSPS) is 11.0. The van der Waals surface area contributed by atoms with Crippen LogP contribution < -0.4 is 0 Å². The molecule has 0 N–H and O–H groups in total. The van der Waals surface area contributed by atoms with Crippen LogP contribution in [0.2, 0.25) is 10.0 Å². The fraction of sp³-hybridized carbons (Fsp3) is 0.231. The van der Waals surface area contributed by atoms with Gasteiger partial charge in [0.2, 0.25) is 0 Å². The zero-order valence-electron chi connectivity index (χ0n) is 10.8. The van der Waals surface area contributed by atoms with E-state index in [1.165, 1.54) is 10.9 Å². The van der Waals surface area contributed by atoms with Crippen molar-refractivity contribution in [3.63, 3.8) is 0 Å². The highest BCUT2D eigenvalue weighted by Gasteiger charge is 2.23. The largest absolute Gasteiger partial charge is 0.465 e. The first kappa shape index (κ1) is 15.7. The number of benzene rings is 1. The predicted octanol–water partition coefficient (Wildman–Crippen LogP) is 3.96. The molecule has 21 heavy (non-hydrogen) atoms. The first-order valence-electron chi connectivity index (χ1n) is 5.80. The maximum absolute atomic E-state index is 12.9. The lowest BCUT2D eigenvalue weighted by Crippen LogP contribution is -2.03. The summed E-state index contributed by atoms with van der Waals surface area (Å²) >= 11 is 11.7. The van der Waals surface area contributed by atoms with Crippen LogP contribution >= 0.6 is 23.2 Å².